The molecule has 1 spiro atoms. The van der Waals surface area contributed by atoms with Crippen molar-refractivity contribution in [1.29, 1.82) is 0 Å². The normalized spacial score (nSPS) is 20.6. The Balaban J connectivity index is 1.85. The fraction of sp³-hybridized carbons (Fsp3) is 0.368. The number of anilines is 3. The van der Waals surface area contributed by atoms with Gasteiger partial charge in [0, 0.05) is 6.07 Å². The van der Waals surface area contributed by atoms with Gasteiger partial charge in [-0.3, -0.25) is 18.5 Å². The molecule has 3 heterocycles. The van der Waals surface area contributed by atoms with E-state index in [4.69, 9.17) is 5.73 Å². The maximum Gasteiger partial charge on any atom is 0.277 e. The highest BCUT2D eigenvalue weighted by Crippen LogP contribution is 2.37. The molecule has 146 valence electrons. The second-order valence-electron chi connectivity index (χ2n) is 7.16. The third-order valence-electron chi connectivity index (χ3n) is 5.20. The minimum absolute atomic E-state index is 0.273. The Morgan fingerprint density at radius 1 is 1.36 bits per heavy atom. The van der Waals surface area contributed by atoms with E-state index in [0.29, 0.717) is 29.9 Å². The molecule has 2 aromatic heterocycles. The quantitative estimate of drug-likeness (QED) is 0.696. The second-order valence-corrected chi connectivity index (χ2v) is 7.16. The van der Waals surface area contributed by atoms with Crippen LogP contribution in [0.15, 0.2) is 34.9 Å². The van der Waals surface area contributed by atoms with E-state index in [-0.39, 0.29) is 23.0 Å². The van der Waals surface area contributed by atoms with Gasteiger partial charge < -0.3 is 16.4 Å². The van der Waals surface area contributed by atoms with Crippen LogP contribution in [0.25, 0.3) is 0 Å². The molecule has 1 atom stereocenters. The van der Waals surface area contributed by atoms with Crippen LogP contribution in [0.2, 0.25) is 0 Å². The lowest BCUT2D eigenvalue weighted by Crippen LogP contribution is -2.47. The Labute approximate surface area is 160 Å². The maximum absolute atomic E-state index is 13.3. The molecule has 1 amide bonds. The molecular formula is C19H21FN6O2. The number of carbonyl (C=O) groups excluding carboxylic acids is 1. The van der Waals surface area contributed by atoms with Gasteiger partial charge in [-0.2, -0.15) is 0 Å². The summed E-state index contributed by atoms with van der Waals surface area (Å²) in [5.74, 6) is 0.355. The van der Waals surface area contributed by atoms with Crippen molar-refractivity contribution in [2.24, 2.45) is 0 Å². The van der Waals surface area contributed by atoms with Crippen molar-refractivity contribution in [1.82, 2.24) is 19.9 Å². The van der Waals surface area contributed by atoms with Crippen molar-refractivity contribution in [2.75, 3.05) is 17.7 Å². The van der Waals surface area contributed by atoms with Crippen molar-refractivity contribution >= 4 is 23.2 Å². The molecule has 1 unspecified atom stereocenters. The molecule has 2 aliphatic rings. The monoisotopic (exact) mass is 384 g/mol. The number of allylic oxidation sites excluding steroid dienone is 1. The van der Waals surface area contributed by atoms with Gasteiger partial charge in [-0.15, -0.1) is 0 Å². The number of pyridine rings is 1. The maximum atomic E-state index is 13.3. The van der Waals surface area contributed by atoms with Crippen LogP contribution < -0.4 is 21.9 Å². The summed E-state index contributed by atoms with van der Waals surface area (Å²) in [6.45, 7) is 1.31. The Hall–Kier alpha value is -3.23. The van der Waals surface area contributed by atoms with Crippen LogP contribution in [0.1, 0.15) is 41.7 Å². The van der Waals surface area contributed by atoms with E-state index in [1.165, 1.54) is 17.0 Å². The molecule has 0 saturated heterocycles. The number of nitrogen functional groups attached to an aromatic ring is 1. The molecule has 0 bridgehead atoms. The van der Waals surface area contributed by atoms with E-state index in [2.05, 4.69) is 20.6 Å². The van der Waals surface area contributed by atoms with Crippen LogP contribution in [0, 0.1) is 6.92 Å². The molecule has 1 aliphatic carbocycles. The number of hydrogen-bond acceptors (Lipinski definition) is 6. The highest BCUT2D eigenvalue weighted by Gasteiger charge is 2.44. The van der Waals surface area contributed by atoms with Gasteiger partial charge in [0.2, 0.25) is 0 Å². The van der Waals surface area contributed by atoms with Gasteiger partial charge in [0.25, 0.3) is 11.5 Å². The summed E-state index contributed by atoms with van der Waals surface area (Å²) in [6, 6.07) is 3.14. The Bertz CT molecular complexity index is 1050. The first-order valence-corrected chi connectivity index (χ1v) is 9.14. The van der Waals surface area contributed by atoms with Gasteiger partial charge in [0.15, 0.2) is 0 Å². The van der Waals surface area contributed by atoms with Crippen molar-refractivity contribution in [3.05, 3.63) is 51.7 Å². The molecule has 0 fully saturated rings. The number of amides is 1. The average molecular weight is 384 g/mol. The summed E-state index contributed by atoms with van der Waals surface area (Å²) in [5, 5.41) is 5.93. The molecule has 9 heteroatoms. The van der Waals surface area contributed by atoms with Gasteiger partial charge in [-0.1, -0.05) is 5.57 Å². The fourth-order valence-corrected chi connectivity index (χ4v) is 4.05. The zero-order valence-corrected chi connectivity index (χ0v) is 15.5. The van der Waals surface area contributed by atoms with E-state index >= 15 is 0 Å². The number of nitrogens with one attached hydrogen (secondary N) is 2. The number of carbonyl (C=O) groups is 1. The molecule has 2 aromatic rings. The minimum Gasteiger partial charge on any atom is -0.384 e. The summed E-state index contributed by atoms with van der Waals surface area (Å²) < 4.78 is 14.4. The zero-order valence-electron chi connectivity index (χ0n) is 15.5. The SMILES string of the molecule is Cc1cc(Nc2cc(N)ncn2)c(=O)n2c1C(=O)NC21C=C(CCF)CCC1. The van der Waals surface area contributed by atoms with Crippen LogP contribution >= 0.6 is 0 Å². The Kier molecular flexibility index (Phi) is 4.37. The Morgan fingerprint density at radius 3 is 2.93 bits per heavy atom. The summed E-state index contributed by atoms with van der Waals surface area (Å²) in [6.07, 6.45) is 5.55. The lowest BCUT2D eigenvalue weighted by atomic mass is 9.89. The predicted molar refractivity (Wildman–Crippen MR) is 103 cm³/mol. The number of rotatable bonds is 4. The van der Waals surface area contributed by atoms with E-state index in [1.807, 2.05) is 6.08 Å². The minimum atomic E-state index is -0.959. The molecule has 0 aromatic carbocycles. The first-order valence-electron chi connectivity index (χ1n) is 9.14. The predicted octanol–water partition coefficient (Wildman–Crippen LogP) is 2.14. The lowest BCUT2D eigenvalue weighted by molar-refractivity contribution is 0.0931. The highest BCUT2D eigenvalue weighted by atomic mass is 19.1. The lowest BCUT2D eigenvalue weighted by Gasteiger charge is -2.33. The van der Waals surface area contributed by atoms with Crippen LogP contribution in [0.4, 0.5) is 21.7 Å². The van der Waals surface area contributed by atoms with Gasteiger partial charge in [-0.25, -0.2) is 9.97 Å². The standard InChI is InChI=1S/C19H21FN6O2/c1-11-7-13(24-15-8-14(21)22-10-23-15)18(28)26-16(11)17(27)25-19(26)5-2-3-12(9-19)4-6-20/h7-10H,2-6H2,1H3,(H,25,27)(H3,21,22,23,24). The van der Waals surface area contributed by atoms with Crippen molar-refractivity contribution < 1.29 is 9.18 Å². The number of aryl methyl sites for hydroxylation is 1. The third kappa shape index (κ3) is 2.92. The molecule has 1 aliphatic heterocycles. The second kappa shape index (κ2) is 6.74. The highest BCUT2D eigenvalue weighted by molar-refractivity contribution is 5.97. The number of halogens is 1. The van der Waals surface area contributed by atoms with Gasteiger partial charge in [0.05, 0.1) is 6.67 Å². The number of fused-ring (bicyclic) bond motifs is 2. The first kappa shape index (κ1) is 18.1. The number of hydrogen-bond donors (Lipinski definition) is 3. The van der Waals surface area contributed by atoms with Crippen LogP contribution in [-0.4, -0.2) is 27.1 Å². The summed E-state index contributed by atoms with van der Waals surface area (Å²) in [7, 11) is 0. The average Bonchev–Trinajstić information content (AvgIpc) is 2.92. The Morgan fingerprint density at radius 2 is 2.18 bits per heavy atom. The van der Waals surface area contributed by atoms with Crippen molar-refractivity contribution in [3.8, 4) is 0 Å². The van der Waals surface area contributed by atoms with Crippen LogP contribution in [0.3, 0.4) is 0 Å². The molecular weight excluding hydrogens is 363 g/mol. The third-order valence-corrected chi connectivity index (χ3v) is 5.20. The van der Waals surface area contributed by atoms with Gasteiger partial charge in [0.1, 0.15) is 35.0 Å². The number of aromatic nitrogens is 3. The van der Waals surface area contributed by atoms with Crippen molar-refractivity contribution in [2.45, 2.75) is 38.3 Å². The van der Waals surface area contributed by atoms with Crippen molar-refractivity contribution in [3.63, 3.8) is 0 Å². The first-order chi connectivity index (χ1) is 13.4. The largest absolute Gasteiger partial charge is 0.384 e. The van der Waals surface area contributed by atoms with Gasteiger partial charge >= 0.3 is 0 Å². The molecule has 4 N–H and O–H groups in total. The summed E-state index contributed by atoms with van der Waals surface area (Å²) >= 11 is 0. The van der Waals surface area contributed by atoms with Gasteiger partial charge in [-0.05, 0) is 50.3 Å². The van der Waals surface area contributed by atoms with Crippen LogP contribution in [-0.2, 0) is 5.66 Å². The number of nitrogens with two attached hydrogens (primary N) is 1. The number of alkyl halides is 1. The van der Waals surface area contributed by atoms with E-state index in [0.717, 1.165) is 18.4 Å². The molecule has 0 radical (unpaired) electrons. The zero-order chi connectivity index (χ0) is 19.9. The summed E-state index contributed by atoms with van der Waals surface area (Å²) in [5.41, 5.74) is 6.54. The van der Waals surface area contributed by atoms with Crippen LogP contribution in [0.5, 0.6) is 0 Å². The topological polar surface area (TPSA) is 115 Å². The van der Waals surface area contributed by atoms with E-state index in [9.17, 15) is 14.0 Å². The smallest absolute Gasteiger partial charge is 0.277 e. The molecule has 8 nitrogen and oxygen atoms in total. The number of nitrogens with zero attached hydrogens (tertiary/aromatic N) is 3. The molecule has 28 heavy (non-hydrogen) atoms. The fourth-order valence-electron chi connectivity index (χ4n) is 4.05. The van der Waals surface area contributed by atoms with E-state index < -0.39 is 12.3 Å². The molecule has 0 saturated carbocycles. The molecule has 4 rings (SSSR count). The summed E-state index contributed by atoms with van der Waals surface area (Å²) in [4.78, 5) is 33.9. The van der Waals surface area contributed by atoms with E-state index in [1.54, 1.807) is 13.0 Å².